The number of hydrogen-bond acceptors (Lipinski definition) is 7. The van der Waals surface area contributed by atoms with Crippen LogP contribution >= 0.6 is 34.7 Å². The van der Waals surface area contributed by atoms with Gasteiger partial charge >= 0.3 is 0 Å². The summed E-state index contributed by atoms with van der Waals surface area (Å²) in [7, 11) is 0. The van der Waals surface area contributed by atoms with E-state index in [9.17, 15) is 9.59 Å². The maximum absolute atomic E-state index is 13.3. The SMILES string of the molecule is CCOCCCNC(=O)c1c(NC(=O)c2nc(SCc3ccccc3C)ncc2Cl)sc2c1CCCC2. The fourth-order valence-corrected chi connectivity index (χ4v) is 6.51. The van der Waals surface area contributed by atoms with Crippen molar-refractivity contribution in [2.24, 2.45) is 0 Å². The molecule has 2 N–H and O–H groups in total. The van der Waals surface area contributed by atoms with Crippen molar-refractivity contribution in [1.82, 2.24) is 15.3 Å². The Morgan fingerprint density at radius 2 is 2.00 bits per heavy atom. The molecule has 37 heavy (non-hydrogen) atoms. The van der Waals surface area contributed by atoms with Crippen molar-refractivity contribution in [3.63, 3.8) is 0 Å². The van der Waals surface area contributed by atoms with Gasteiger partial charge in [0.25, 0.3) is 11.8 Å². The first-order valence-electron chi connectivity index (χ1n) is 12.5. The third kappa shape index (κ3) is 7.10. The van der Waals surface area contributed by atoms with Gasteiger partial charge in [0.1, 0.15) is 5.00 Å². The summed E-state index contributed by atoms with van der Waals surface area (Å²) in [6, 6.07) is 8.12. The van der Waals surface area contributed by atoms with Gasteiger partial charge in [0.2, 0.25) is 0 Å². The molecule has 0 unspecified atom stereocenters. The number of fused-ring (bicyclic) bond motifs is 1. The van der Waals surface area contributed by atoms with Crippen LogP contribution in [-0.2, 0) is 23.3 Å². The molecule has 7 nitrogen and oxygen atoms in total. The first kappa shape index (κ1) is 27.6. The smallest absolute Gasteiger partial charge is 0.276 e. The van der Waals surface area contributed by atoms with Crippen molar-refractivity contribution in [2.75, 3.05) is 25.1 Å². The quantitative estimate of drug-likeness (QED) is 0.168. The number of nitrogens with one attached hydrogen (secondary N) is 2. The lowest BCUT2D eigenvalue weighted by Gasteiger charge is -2.13. The summed E-state index contributed by atoms with van der Waals surface area (Å²) >= 11 is 9.25. The fraction of sp³-hybridized carbons (Fsp3) is 0.407. The largest absolute Gasteiger partial charge is 0.382 e. The van der Waals surface area contributed by atoms with Crippen LogP contribution in [0.1, 0.15) is 68.6 Å². The number of carbonyl (C=O) groups excluding carboxylic acids is 2. The van der Waals surface area contributed by atoms with Crippen molar-refractivity contribution in [3.8, 4) is 0 Å². The molecule has 0 bridgehead atoms. The van der Waals surface area contributed by atoms with Crippen LogP contribution in [0, 0.1) is 6.92 Å². The Kier molecular flexibility index (Phi) is 9.96. The highest BCUT2D eigenvalue weighted by Gasteiger charge is 2.27. The summed E-state index contributed by atoms with van der Waals surface area (Å²) in [5.74, 6) is 0.0595. The van der Waals surface area contributed by atoms with Crippen LogP contribution in [0.15, 0.2) is 35.6 Å². The highest BCUT2D eigenvalue weighted by atomic mass is 35.5. The van der Waals surface area contributed by atoms with Gasteiger partial charge in [-0.3, -0.25) is 9.59 Å². The highest BCUT2D eigenvalue weighted by molar-refractivity contribution is 7.98. The van der Waals surface area contributed by atoms with Gasteiger partial charge in [-0.25, -0.2) is 9.97 Å². The first-order valence-corrected chi connectivity index (χ1v) is 14.7. The molecule has 3 aromatic rings. The molecule has 0 saturated heterocycles. The standard InChI is InChI=1S/C27H31ClN4O3S2/c1-3-35-14-8-13-29-24(33)22-19-11-6-7-12-21(19)37-26(22)32-25(34)23-20(28)15-30-27(31-23)36-16-18-10-5-4-9-17(18)2/h4-5,9-10,15H,3,6-8,11-14,16H2,1-2H3,(H,29,33)(H,32,34). The number of aryl methyl sites for hydroxylation is 2. The number of anilines is 1. The van der Waals surface area contributed by atoms with Crippen molar-refractivity contribution in [2.45, 2.75) is 56.9 Å². The Bertz CT molecular complexity index is 1260. The minimum absolute atomic E-state index is 0.0957. The van der Waals surface area contributed by atoms with Crippen LogP contribution in [-0.4, -0.2) is 41.5 Å². The molecule has 0 spiro atoms. The molecule has 0 atom stereocenters. The Morgan fingerprint density at radius 3 is 2.81 bits per heavy atom. The molecular weight excluding hydrogens is 528 g/mol. The molecule has 4 rings (SSSR count). The maximum Gasteiger partial charge on any atom is 0.276 e. The van der Waals surface area contributed by atoms with E-state index in [1.54, 1.807) is 0 Å². The van der Waals surface area contributed by atoms with Crippen LogP contribution in [0.4, 0.5) is 5.00 Å². The van der Waals surface area contributed by atoms with Gasteiger partial charge in [0, 0.05) is 30.4 Å². The van der Waals surface area contributed by atoms with E-state index in [4.69, 9.17) is 16.3 Å². The van der Waals surface area contributed by atoms with Crippen LogP contribution in [0.3, 0.4) is 0 Å². The second-order valence-corrected chi connectivity index (χ2v) is 11.2. The maximum atomic E-state index is 13.3. The predicted octanol–water partition coefficient (Wildman–Crippen LogP) is 6.08. The Balaban J connectivity index is 1.50. The summed E-state index contributed by atoms with van der Waals surface area (Å²) in [6.07, 6.45) is 6.03. The minimum atomic E-state index is -0.450. The molecule has 196 valence electrons. The summed E-state index contributed by atoms with van der Waals surface area (Å²) in [5, 5.41) is 7.10. The number of hydrogen-bond donors (Lipinski definition) is 2. The summed E-state index contributed by atoms with van der Waals surface area (Å²) < 4.78 is 5.36. The second-order valence-electron chi connectivity index (χ2n) is 8.74. The molecule has 0 fully saturated rings. The number of aromatic nitrogens is 2. The van der Waals surface area contributed by atoms with Crippen molar-refractivity contribution in [1.29, 1.82) is 0 Å². The fourth-order valence-electron chi connectivity index (χ4n) is 4.16. The van der Waals surface area contributed by atoms with Crippen LogP contribution in [0.2, 0.25) is 5.02 Å². The predicted molar refractivity (Wildman–Crippen MR) is 150 cm³/mol. The molecular formula is C27H31ClN4O3S2. The van der Waals surface area contributed by atoms with Gasteiger partial charge in [0.15, 0.2) is 10.9 Å². The van der Waals surface area contributed by atoms with Crippen molar-refractivity contribution in [3.05, 3.63) is 68.3 Å². The molecule has 2 heterocycles. The van der Waals surface area contributed by atoms with Gasteiger partial charge in [-0.1, -0.05) is 47.6 Å². The van der Waals surface area contributed by atoms with Gasteiger partial charge in [-0.15, -0.1) is 11.3 Å². The molecule has 1 aliphatic rings. The summed E-state index contributed by atoms with van der Waals surface area (Å²) in [6.45, 7) is 5.76. The number of nitrogens with zero attached hydrogens (tertiary/aromatic N) is 2. The average Bonchev–Trinajstić information content (AvgIpc) is 3.26. The van der Waals surface area contributed by atoms with Crippen molar-refractivity contribution >= 4 is 51.5 Å². The van der Waals surface area contributed by atoms with Gasteiger partial charge in [-0.05, 0) is 62.6 Å². The van der Waals surface area contributed by atoms with E-state index in [0.29, 0.717) is 41.2 Å². The van der Waals surface area contributed by atoms with Crippen molar-refractivity contribution < 1.29 is 14.3 Å². The van der Waals surface area contributed by atoms with E-state index < -0.39 is 5.91 Å². The molecule has 0 saturated carbocycles. The Hall–Kier alpha value is -2.46. The van der Waals surface area contributed by atoms with Crippen LogP contribution in [0.5, 0.6) is 0 Å². The molecule has 2 amide bonds. The lowest BCUT2D eigenvalue weighted by Crippen LogP contribution is -2.27. The van der Waals surface area contributed by atoms with E-state index in [1.807, 2.05) is 19.1 Å². The molecule has 1 aliphatic carbocycles. The highest BCUT2D eigenvalue weighted by Crippen LogP contribution is 2.38. The summed E-state index contributed by atoms with van der Waals surface area (Å²) in [5.41, 5.74) is 4.06. The lowest BCUT2D eigenvalue weighted by molar-refractivity contribution is 0.0944. The molecule has 0 aliphatic heterocycles. The number of thioether (sulfide) groups is 1. The number of rotatable bonds is 11. The molecule has 10 heteroatoms. The zero-order valence-electron chi connectivity index (χ0n) is 21.1. The second kappa shape index (κ2) is 13.4. The number of ether oxygens (including phenoxy) is 1. The first-order chi connectivity index (χ1) is 18.0. The number of benzene rings is 1. The van der Waals surface area contributed by atoms with E-state index in [2.05, 4.69) is 39.7 Å². The Labute approximate surface area is 230 Å². The van der Waals surface area contributed by atoms with E-state index in [0.717, 1.165) is 42.5 Å². The molecule has 2 aromatic heterocycles. The monoisotopic (exact) mass is 558 g/mol. The van der Waals surface area contributed by atoms with E-state index in [-0.39, 0.29) is 16.6 Å². The van der Waals surface area contributed by atoms with Crippen LogP contribution < -0.4 is 10.6 Å². The average molecular weight is 559 g/mol. The third-order valence-corrected chi connectivity index (χ3v) is 8.53. The normalized spacial score (nSPS) is 12.7. The van der Waals surface area contributed by atoms with Gasteiger partial charge < -0.3 is 15.4 Å². The van der Waals surface area contributed by atoms with Gasteiger partial charge in [-0.2, -0.15) is 0 Å². The molecule has 1 aromatic carbocycles. The minimum Gasteiger partial charge on any atom is -0.382 e. The number of carbonyl (C=O) groups is 2. The Morgan fingerprint density at radius 1 is 1.19 bits per heavy atom. The number of amides is 2. The molecule has 0 radical (unpaired) electrons. The summed E-state index contributed by atoms with van der Waals surface area (Å²) in [4.78, 5) is 36.4. The van der Waals surface area contributed by atoms with E-state index >= 15 is 0 Å². The lowest BCUT2D eigenvalue weighted by atomic mass is 9.95. The van der Waals surface area contributed by atoms with E-state index in [1.165, 1.54) is 40.4 Å². The number of halogens is 1. The zero-order chi connectivity index (χ0) is 26.2. The third-order valence-electron chi connectivity index (χ3n) is 6.14. The van der Waals surface area contributed by atoms with Gasteiger partial charge in [0.05, 0.1) is 16.8 Å². The van der Waals surface area contributed by atoms with Crippen LogP contribution in [0.25, 0.3) is 0 Å². The zero-order valence-corrected chi connectivity index (χ0v) is 23.5. The topological polar surface area (TPSA) is 93.2 Å². The number of thiophene rings is 1.